The molecule has 3 aromatic rings. The summed E-state index contributed by atoms with van der Waals surface area (Å²) in [4.78, 5) is 11.0. The van der Waals surface area contributed by atoms with Crippen LogP contribution in [0.1, 0.15) is 35.7 Å². The number of phenolic OH excluding ortho intramolecular Hbond substituents is 1. The zero-order chi connectivity index (χ0) is 18.6. The first-order valence-electron chi connectivity index (χ1n) is 9.28. The van der Waals surface area contributed by atoms with Crippen LogP contribution in [0.25, 0.3) is 0 Å². The largest absolute Gasteiger partial charge is 0.508 e. The summed E-state index contributed by atoms with van der Waals surface area (Å²) in [5.74, 6) is 0.533. The Bertz CT molecular complexity index is 885. The summed E-state index contributed by atoms with van der Waals surface area (Å²) in [6, 6.07) is 10.7. The first-order chi connectivity index (χ1) is 13.2. The predicted octanol–water partition coefficient (Wildman–Crippen LogP) is 3.55. The van der Waals surface area contributed by atoms with Crippen LogP contribution < -0.4 is 0 Å². The Morgan fingerprint density at radius 1 is 1.04 bits per heavy atom. The number of aromatic nitrogens is 3. The number of likely N-dealkylation sites (tertiary alicyclic amines) is 1. The van der Waals surface area contributed by atoms with Crippen LogP contribution in [0.15, 0.2) is 55.1 Å². The van der Waals surface area contributed by atoms with Crippen molar-refractivity contribution in [1.29, 1.82) is 0 Å². The highest BCUT2D eigenvalue weighted by molar-refractivity contribution is 5.30. The van der Waals surface area contributed by atoms with Crippen molar-refractivity contribution >= 4 is 0 Å². The van der Waals surface area contributed by atoms with Crippen molar-refractivity contribution in [3.63, 3.8) is 0 Å². The highest BCUT2D eigenvalue weighted by Gasteiger charge is 2.21. The first kappa shape index (κ1) is 17.7. The average molecular weight is 366 g/mol. The van der Waals surface area contributed by atoms with E-state index in [0.29, 0.717) is 18.2 Å². The summed E-state index contributed by atoms with van der Waals surface area (Å²) in [6.07, 6.45) is 7.25. The van der Waals surface area contributed by atoms with Gasteiger partial charge in [0.2, 0.25) is 0 Å². The topological polar surface area (TPSA) is 54.2 Å². The standard InChI is InChI=1S/C21H23FN4O/c22-18-4-5-19(23-11-18)12-26-14-20(24-15-26)13-25-8-6-16(7-9-25)17-2-1-3-21(27)10-17/h1-5,10-11,14-16,27H,6-9,12-13H2. The van der Waals surface area contributed by atoms with Gasteiger partial charge in [-0.1, -0.05) is 12.1 Å². The number of imidazole rings is 1. The molecule has 140 valence electrons. The molecule has 2 aromatic heterocycles. The second-order valence-electron chi connectivity index (χ2n) is 7.15. The molecule has 0 bridgehead atoms. The molecule has 0 radical (unpaired) electrons. The number of piperidine rings is 1. The fourth-order valence-corrected chi connectivity index (χ4v) is 3.69. The van der Waals surface area contributed by atoms with E-state index in [-0.39, 0.29) is 5.82 Å². The molecule has 0 atom stereocenters. The SMILES string of the molecule is Oc1cccc(C2CCN(Cc3cn(Cc4ccc(F)cn4)cn3)CC2)c1. The Kier molecular flexibility index (Phi) is 5.16. The van der Waals surface area contributed by atoms with Crippen LogP contribution in [0.2, 0.25) is 0 Å². The number of hydrogen-bond acceptors (Lipinski definition) is 4. The van der Waals surface area contributed by atoms with Gasteiger partial charge in [0, 0.05) is 12.7 Å². The maximum absolute atomic E-state index is 12.9. The highest BCUT2D eigenvalue weighted by atomic mass is 19.1. The summed E-state index contributed by atoms with van der Waals surface area (Å²) in [5.41, 5.74) is 3.07. The van der Waals surface area contributed by atoms with Gasteiger partial charge >= 0.3 is 0 Å². The summed E-state index contributed by atoms with van der Waals surface area (Å²) >= 11 is 0. The molecule has 0 amide bonds. The van der Waals surface area contributed by atoms with Crippen molar-refractivity contribution in [1.82, 2.24) is 19.4 Å². The van der Waals surface area contributed by atoms with E-state index < -0.39 is 0 Å². The van der Waals surface area contributed by atoms with Gasteiger partial charge in [-0.25, -0.2) is 9.37 Å². The number of pyridine rings is 1. The van der Waals surface area contributed by atoms with Gasteiger partial charge in [0.25, 0.3) is 0 Å². The van der Waals surface area contributed by atoms with Crippen LogP contribution in [0.5, 0.6) is 5.75 Å². The number of nitrogens with zero attached hydrogens (tertiary/aromatic N) is 4. The summed E-state index contributed by atoms with van der Waals surface area (Å²) in [5, 5.41) is 9.67. The molecule has 0 unspecified atom stereocenters. The quantitative estimate of drug-likeness (QED) is 0.750. The van der Waals surface area contributed by atoms with Crippen molar-refractivity contribution in [3.8, 4) is 5.75 Å². The molecule has 1 aromatic carbocycles. The lowest BCUT2D eigenvalue weighted by molar-refractivity contribution is 0.202. The molecule has 1 aliphatic heterocycles. The van der Waals surface area contributed by atoms with Crippen LogP contribution in [0.3, 0.4) is 0 Å². The van der Waals surface area contributed by atoms with Crippen molar-refractivity contribution in [2.45, 2.75) is 31.8 Å². The number of halogens is 1. The molecule has 3 heterocycles. The van der Waals surface area contributed by atoms with E-state index in [9.17, 15) is 9.50 Å². The van der Waals surface area contributed by atoms with Crippen molar-refractivity contribution < 1.29 is 9.50 Å². The van der Waals surface area contributed by atoms with Gasteiger partial charge in [-0.05, 0) is 61.7 Å². The van der Waals surface area contributed by atoms with Crippen LogP contribution >= 0.6 is 0 Å². The minimum atomic E-state index is -0.320. The van der Waals surface area contributed by atoms with E-state index in [1.807, 2.05) is 22.9 Å². The summed E-state index contributed by atoms with van der Waals surface area (Å²) in [7, 11) is 0. The van der Waals surface area contributed by atoms with Gasteiger partial charge in [-0.2, -0.15) is 0 Å². The van der Waals surface area contributed by atoms with Crippen molar-refractivity contribution in [2.75, 3.05) is 13.1 Å². The van der Waals surface area contributed by atoms with Gasteiger partial charge in [0.05, 0.1) is 30.5 Å². The fourth-order valence-electron chi connectivity index (χ4n) is 3.69. The minimum Gasteiger partial charge on any atom is -0.508 e. The number of phenols is 1. The molecule has 4 rings (SSSR count). The Morgan fingerprint density at radius 3 is 2.63 bits per heavy atom. The second-order valence-corrected chi connectivity index (χ2v) is 7.15. The Labute approximate surface area is 158 Å². The number of benzene rings is 1. The van der Waals surface area contributed by atoms with Gasteiger partial charge in [-0.3, -0.25) is 9.88 Å². The van der Waals surface area contributed by atoms with Crippen LogP contribution in [0.4, 0.5) is 4.39 Å². The van der Waals surface area contributed by atoms with Crippen molar-refractivity contribution in [3.05, 3.63) is 77.9 Å². The highest BCUT2D eigenvalue weighted by Crippen LogP contribution is 2.30. The zero-order valence-electron chi connectivity index (χ0n) is 15.1. The van der Waals surface area contributed by atoms with Crippen LogP contribution in [-0.2, 0) is 13.1 Å². The van der Waals surface area contributed by atoms with E-state index in [4.69, 9.17) is 0 Å². The predicted molar refractivity (Wildman–Crippen MR) is 101 cm³/mol. The van der Waals surface area contributed by atoms with Crippen LogP contribution in [0, 0.1) is 5.82 Å². The minimum absolute atomic E-state index is 0.320. The lowest BCUT2D eigenvalue weighted by Crippen LogP contribution is -2.32. The molecule has 1 aliphatic rings. The molecular weight excluding hydrogens is 343 g/mol. The third kappa shape index (κ3) is 4.52. The third-order valence-electron chi connectivity index (χ3n) is 5.13. The van der Waals surface area contributed by atoms with E-state index in [1.165, 1.54) is 17.8 Å². The fraction of sp³-hybridized carbons (Fsp3) is 0.333. The van der Waals surface area contributed by atoms with E-state index in [0.717, 1.165) is 43.9 Å². The normalized spacial score (nSPS) is 15.9. The Morgan fingerprint density at radius 2 is 1.89 bits per heavy atom. The van der Waals surface area contributed by atoms with Crippen LogP contribution in [-0.4, -0.2) is 37.6 Å². The molecule has 5 nitrogen and oxygen atoms in total. The van der Waals surface area contributed by atoms with Crippen molar-refractivity contribution in [2.24, 2.45) is 0 Å². The first-order valence-corrected chi connectivity index (χ1v) is 9.28. The molecule has 1 fully saturated rings. The lowest BCUT2D eigenvalue weighted by Gasteiger charge is -2.31. The number of rotatable bonds is 5. The van der Waals surface area contributed by atoms with E-state index in [2.05, 4.69) is 20.9 Å². The smallest absolute Gasteiger partial charge is 0.141 e. The maximum Gasteiger partial charge on any atom is 0.141 e. The Balaban J connectivity index is 1.30. The molecule has 6 heteroatoms. The maximum atomic E-state index is 12.9. The number of hydrogen-bond donors (Lipinski definition) is 1. The molecule has 0 aliphatic carbocycles. The van der Waals surface area contributed by atoms with E-state index >= 15 is 0 Å². The lowest BCUT2D eigenvalue weighted by atomic mass is 9.89. The summed E-state index contributed by atoms with van der Waals surface area (Å²) in [6.45, 7) is 3.46. The molecule has 1 saturated heterocycles. The number of aromatic hydroxyl groups is 1. The average Bonchev–Trinajstić information content (AvgIpc) is 3.11. The third-order valence-corrected chi connectivity index (χ3v) is 5.13. The molecule has 0 saturated carbocycles. The van der Waals surface area contributed by atoms with E-state index in [1.54, 1.807) is 18.5 Å². The summed E-state index contributed by atoms with van der Waals surface area (Å²) < 4.78 is 14.9. The molecule has 1 N–H and O–H groups in total. The Hall–Kier alpha value is -2.73. The monoisotopic (exact) mass is 366 g/mol. The van der Waals surface area contributed by atoms with Gasteiger partial charge in [0.15, 0.2) is 0 Å². The second kappa shape index (κ2) is 7.88. The van der Waals surface area contributed by atoms with Gasteiger partial charge < -0.3 is 9.67 Å². The zero-order valence-corrected chi connectivity index (χ0v) is 15.1. The molecular formula is C21H23FN4O. The molecule has 0 spiro atoms. The van der Waals surface area contributed by atoms with Gasteiger partial charge in [-0.15, -0.1) is 0 Å². The van der Waals surface area contributed by atoms with Gasteiger partial charge in [0.1, 0.15) is 11.6 Å². The molecule has 27 heavy (non-hydrogen) atoms.